The van der Waals surface area contributed by atoms with Gasteiger partial charge in [0.2, 0.25) is 0 Å². The van der Waals surface area contributed by atoms with Crippen LogP contribution in [0.15, 0.2) is 0 Å². The van der Waals surface area contributed by atoms with E-state index in [0.717, 1.165) is 5.75 Å². The van der Waals surface area contributed by atoms with E-state index in [2.05, 4.69) is 0 Å². The quantitative estimate of drug-likeness (QED) is 0.518. The summed E-state index contributed by atoms with van der Waals surface area (Å²) in [4.78, 5) is 10.9. The molecular formula is C7H15ClNO2S-. The molecule has 0 amide bonds. The number of hydrogen-bond acceptors (Lipinski definition) is 4. The summed E-state index contributed by atoms with van der Waals surface area (Å²) in [5, 5.41) is 0. The molecular weight excluding hydrogens is 198 g/mol. The minimum atomic E-state index is -0.458. The van der Waals surface area contributed by atoms with Crippen LogP contribution in [-0.4, -0.2) is 30.1 Å². The Labute approximate surface area is 83.8 Å². The normalized spacial score (nSPS) is 11.6. The zero-order chi connectivity index (χ0) is 8.69. The van der Waals surface area contributed by atoms with Crippen LogP contribution in [0.25, 0.3) is 0 Å². The van der Waals surface area contributed by atoms with Gasteiger partial charge in [-0.2, -0.15) is 11.8 Å². The van der Waals surface area contributed by atoms with Crippen molar-refractivity contribution in [3.8, 4) is 0 Å². The van der Waals surface area contributed by atoms with Gasteiger partial charge in [-0.1, -0.05) is 6.92 Å². The topological polar surface area (TPSA) is 52.3 Å². The lowest BCUT2D eigenvalue weighted by Gasteiger charge is -2.08. The van der Waals surface area contributed by atoms with Crippen LogP contribution in [0.5, 0.6) is 0 Å². The van der Waals surface area contributed by atoms with Crippen LogP contribution < -0.4 is 18.1 Å². The lowest BCUT2D eigenvalue weighted by molar-refractivity contribution is -0.144. The van der Waals surface area contributed by atoms with E-state index < -0.39 is 6.04 Å². The van der Waals surface area contributed by atoms with Gasteiger partial charge in [-0.15, -0.1) is 0 Å². The lowest BCUT2D eigenvalue weighted by Crippen LogP contribution is -3.00. The molecule has 0 aliphatic rings. The Morgan fingerprint density at radius 3 is 2.58 bits per heavy atom. The highest BCUT2D eigenvalue weighted by molar-refractivity contribution is 7.99. The van der Waals surface area contributed by atoms with Crippen LogP contribution in [0.3, 0.4) is 0 Å². The molecule has 0 aliphatic heterocycles. The Kier molecular flexibility index (Phi) is 11.1. The van der Waals surface area contributed by atoms with Gasteiger partial charge in [0, 0.05) is 5.75 Å². The van der Waals surface area contributed by atoms with Gasteiger partial charge in [0.15, 0.2) is 0 Å². The molecule has 0 rings (SSSR count). The molecule has 5 heteroatoms. The van der Waals surface area contributed by atoms with Gasteiger partial charge in [-0.05, 0) is 12.7 Å². The highest BCUT2D eigenvalue weighted by Crippen LogP contribution is 2.01. The third kappa shape index (κ3) is 6.76. The van der Waals surface area contributed by atoms with Crippen LogP contribution in [0.2, 0.25) is 0 Å². The fourth-order valence-electron chi connectivity index (χ4n) is 0.562. The number of halogens is 1. The van der Waals surface area contributed by atoms with Gasteiger partial charge in [0.25, 0.3) is 0 Å². The third-order valence-corrected chi connectivity index (χ3v) is 2.09. The van der Waals surface area contributed by atoms with Crippen molar-refractivity contribution in [3.05, 3.63) is 0 Å². The van der Waals surface area contributed by atoms with Crippen molar-refractivity contribution in [3.63, 3.8) is 0 Å². The number of carbonyl (C=O) groups excluding carboxylic acids is 1. The maximum atomic E-state index is 10.9. The van der Waals surface area contributed by atoms with E-state index in [4.69, 9.17) is 10.5 Å². The number of nitrogens with two attached hydrogens (primary N) is 1. The fourth-order valence-corrected chi connectivity index (χ4v) is 1.19. The summed E-state index contributed by atoms with van der Waals surface area (Å²) < 4.78 is 4.72. The predicted octanol–water partition coefficient (Wildman–Crippen LogP) is -2.37. The van der Waals surface area contributed by atoms with Gasteiger partial charge < -0.3 is 22.9 Å². The number of carbonyl (C=O) groups is 1. The first-order valence-corrected chi connectivity index (χ1v) is 4.87. The molecule has 0 aliphatic carbocycles. The van der Waals surface area contributed by atoms with Crippen molar-refractivity contribution in [2.24, 2.45) is 5.73 Å². The average molecular weight is 213 g/mol. The number of rotatable bonds is 5. The molecule has 0 saturated heterocycles. The monoisotopic (exact) mass is 212 g/mol. The molecule has 0 saturated carbocycles. The number of ether oxygens (including phenoxy) is 1. The Bertz CT molecular complexity index is 124. The van der Waals surface area contributed by atoms with Crippen molar-refractivity contribution in [2.45, 2.75) is 19.9 Å². The summed E-state index contributed by atoms with van der Waals surface area (Å²) in [5.74, 6) is 1.33. The van der Waals surface area contributed by atoms with Crippen molar-refractivity contribution >= 4 is 17.7 Å². The van der Waals surface area contributed by atoms with Crippen LogP contribution in [0.4, 0.5) is 0 Å². The molecule has 0 aromatic carbocycles. The first-order chi connectivity index (χ1) is 5.22. The predicted molar refractivity (Wildman–Crippen MR) is 47.6 cm³/mol. The largest absolute Gasteiger partial charge is 1.00 e. The molecule has 0 aromatic rings. The van der Waals surface area contributed by atoms with Crippen LogP contribution in [0.1, 0.15) is 13.8 Å². The summed E-state index contributed by atoms with van der Waals surface area (Å²) in [5.41, 5.74) is 5.49. The molecule has 1 unspecified atom stereocenters. The van der Waals surface area contributed by atoms with Crippen LogP contribution >= 0.6 is 11.8 Å². The van der Waals surface area contributed by atoms with Gasteiger partial charge in [-0.25, -0.2) is 0 Å². The first kappa shape index (κ1) is 14.6. The third-order valence-electron chi connectivity index (χ3n) is 1.09. The van der Waals surface area contributed by atoms with E-state index in [1.807, 2.05) is 6.92 Å². The van der Waals surface area contributed by atoms with Gasteiger partial charge in [0.05, 0.1) is 6.61 Å². The minimum Gasteiger partial charge on any atom is -1.00 e. The average Bonchev–Trinajstić information content (AvgIpc) is 2.00. The summed E-state index contributed by atoms with van der Waals surface area (Å²) >= 11 is 1.64. The molecule has 3 nitrogen and oxygen atoms in total. The van der Waals surface area contributed by atoms with Crippen molar-refractivity contribution < 1.29 is 21.9 Å². The van der Waals surface area contributed by atoms with Crippen molar-refractivity contribution in [1.29, 1.82) is 0 Å². The second-order valence-electron chi connectivity index (χ2n) is 2.02. The maximum Gasteiger partial charge on any atom is 0.323 e. The fraction of sp³-hybridized carbons (Fsp3) is 0.857. The molecule has 0 aromatic heterocycles. The molecule has 2 N–H and O–H groups in total. The standard InChI is InChI=1S/C7H15NO2S.ClH/c1-3-10-7(9)6(8)5-11-4-2;/h6H,3-5,8H2,1-2H3;1H/p-1. The molecule has 1 atom stereocenters. The summed E-state index contributed by atoms with van der Waals surface area (Å²) in [6.07, 6.45) is 0. The molecule has 0 heterocycles. The molecule has 0 spiro atoms. The SMILES string of the molecule is CCOC(=O)C(N)CSCC.[Cl-]. The molecule has 12 heavy (non-hydrogen) atoms. The van der Waals surface area contributed by atoms with E-state index in [-0.39, 0.29) is 18.4 Å². The highest BCUT2D eigenvalue weighted by atomic mass is 35.5. The number of thioether (sulfide) groups is 1. The molecule has 0 bridgehead atoms. The second kappa shape index (κ2) is 9.16. The van der Waals surface area contributed by atoms with Crippen LogP contribution in [-0.2, 0) is 9.53 Å². The minimum absolute atomic E-state index is 0. The second-order valence-corrected chi connectivity index (χ2v) is 3.34. The smallest absolute Gasteiger partial charge is 0.323 e. The highest BCUT2D eigenvalue weighted by Gasteiger charge is 2.12. The summed E-state index contributed by atoms with van der Waals surface area (Å²) in [6, 6.07) is -0.458. The van der Waals surface area contributed by atoms with E-state index in [0.29, 0.717) is 12.4 Å². The van der Waals surface area contributed by atoms with E-state index in [9.17, 15) is 4.79 Å². The molecule has 74 valence electrons. The van der Waals surface area contributed by atoms with Gasteiger partial charge in [0.1, 0.15) is 6.04 Å². The Morgan fingerprint density at radius 1 is 1.58 bits per heavy atom. The Hall–Kier alpha value is 0.0700. The van der Waals surface area contributed by atoms with E-state index in [1.54, 1.807) is 18.7 Å². The zero-order valence-corrected chi connectivity index (χ0v) is 8.95. The number of hydrogen-bond donors (Lipinski definition) is 1. The number of esters is 1. The molecule has 0 fully saturated rings. The van der Waals surface area contributed by atoms with Crippen molar-refractivity contribution in [2.75, 3.05) is 18.1 Å². The summed E-state index contributed by atoms with van der Waals surface area (Å²) in [7, 11) is 0. The molecule has 0 radical (unpaired) electrons. The van der Waals surface area contributed by atoms with Crippen molar-refractivity contribution in [1.82, 2.24) is 0 Å². The lowest BCUT2D eigenvalue weighted by atomic mass is 10.4. The Morgan fingerprint density at radius 2 is 2.17 bits per heavy atom. The maximum absolute atomic E-state index is 10.9. The summed E-state index contributed by atoms with van der Waals surface area (Å²) in [6.45, 7) is 4.21. The van der Waals surface area contributed by atoms with E-state index >= 15 is 0 Å². The van der Waals surface area contributed by atoms with Gasteiger partial charge in [-0.3, -0.25) is 4.79 Å². The Balaban J connectivity index is 0. The van der Waals surface area contributed by atoms with E-state index in [1.165, 1.54) is 0 Å². The van der Waals surface area contributed by atoms with Gasteiger partial charge >= 0.3 is 5.97 Å². The first-order valence-electron chi connectivity index (χ1n) is 3.72. The van der Waals surface area contributed by atoms with Crippen LogP contribution in [0, 0.1) is 0 Å². The zero-order valence-electron chi connectivity index (χ0n) is 7.38.